The van der Waals surface area contributed by atoms with E-state index in [9.17, 15) is 4.79 Å². The van der Waals surface area contributed by atoms with E-state index in [4.69, 9.17) is 14.5 Å². The Morgan fingerprint density at radius 1 is 1.37 bits per heavy atom. The highest BCUT2D eigenvalue weighted by Gasteiger charge is 2.21. The van der Waals surface area contributed by atoms with E-state index in [-0.39, 0.29) is 36.1 Å². The monoisotopic (exact) mass is 498 g/mol. The first-order valence-electron chi connectivity index (χ1n) is 9.81. The van der Waals surface area contributed by atoms with Gasteiger partial charge in [0.15, 0.2) is 5.96 Å². The third-order valence-electron chi connectivity index (χ3n) is 4.07. The molecule has 1 rings (SSSR count). The summed E-state index contributed by atoms with van der Waals surface area (Å²) >= 11 is 0. The number of nitrogens with one attached hydrogen (secondary N) is 2. The highest BCUT2D eigenvalue weighted by Crippen LogP contribution is 2.13. The van der Waals surface area contributed by atoms with Gasteiger partial charge in [-0.2, -0.15) is 0 Å². The number of rotatable bonds is 8. The Hall–Kier alpha value is -0.770. The fraction of sp³-hybridized carbons (Fsp3) is 0.895. The second-order valence-corrected chi connectivity index (χ2v) is 7.94. The molecule has 8 heteroatoms. The molecule has 160 valence electrons. The molecular formula is C19H39IN4O3. The molecule has 2 unspecified atom stereocenters. The second kappa shape index (κ2) is 13.4. The Labute approximate surface area is 182 Å². The predicted molar refractivity (Wildman–Crippen MR) is 121 cm³/mol. The van der Waals surface area contributed by atoms with Crippen LogP contribution in [0, 0.1) is 5.92 Å². The third kappa shape index (κ3) is 11.6. The molecular weight excluding hydrogens is 459 g/mol. The van der Waals surface area contributed by atoms with Crippen LogP contribution in [0.15, 0.2) is 4.99 Å². The van der Waals surface area contributed by atoms with Crippen LogP contribution in [0.5, 0.6) is 0 Å². The molecule has 1 aliphatic heterocycles. The van der Waals surface area contributed by atoms with Gasteiger partial charge in [0, 0.05) is 32.7 Å². The van der Waals surface area contributed by atoms with Crippen LogP contribution in [0.2, 0.25) is 0 Å². The minimum atomic E-state index is -0.497. The summed E-state index contributed by atoms with van der Waals surface area (Å²) in [7, 11) is 2.05. The lowest BCUT2D eigenvalue weighted by Gasteiger charge is -2.26. The van der Waals surface area contributed by atoms with Crippen molar-refractivity contribution < 1.29 is 14.3 Å². The largest absolute Gasteiger partial charge is 0.444 e. The average Bonchev–Trinajstić information content (AvgIpc) is 3.02. The average molecular weight is 498 g/mol. The van der Waals surface area contributed by atoms with Gasteiger partial charge >= 0.3 is 6.09 Å². The van der Waals surface area contributed by atoms with E-state index in [0.717, 1.165) is 51.5 Å². The summed E-state index contributed by atoms with van der Waals surface area (Å²) in [5.41, 5.74) is -0.497. The first-order chi connectivity index (χ1) is 12.2. The van der Waals surface area contributed by atoms with Crippen molar-refractivity contribution in [1.82, 2.24) is 15.5 Å². The van der Waals surface area contributed by atoms with E-state index in [1.54, 1.807) is 0 Å². The molecule has 0 radical (unpaired) electrons. The molecule has 0 aromatic rings. The van der Waals surface area contributed by atoms with Gasteiger partial charge in [0.05, 0.1) is 19.2 Å². The van der Waals surface area contributed by atoms with Crippen molar-refractivity contribution >= 4 is 36.0 Å². The molecule has 2 N–H and O–H groups in total. The fourth-order valence-electron chi connectivity index (χ4n) is 2.90. The van der Waals surface area contributed by atoms with Crippen LogP contribution in [0.1, 0.15) is 53.9 Å². The topological polar surface area (TPSA) is 75.2 Å². The van der Waals surface area contributed by atoms with Crippen molar-refractivity contribution in [3.8, 4) is 0 Å². The van der Waals surface area contributed by atoms with Gasteiger partial charge in [-0.25, -0.2) is 4.79 Å². The number of guanidine groups is 1. The summed E-state index contributed by atoms with van der Waals surface area (Å²) in [5, 5.41) is 6.29. The Kier molecular flexibility index (Phi) is 13.0. The minimum absolute atomic E-state index is 0. The normalized spacial score (nSPS) is 18.4. The van der Waals surface area contributed by atoms with Crippen LogP contribution in [0.4, 0.5) is 4.79 Å². The van der Waals surface area contributed by atoms with Crippen molar-refractivity contribution in [2.45, 2.75) is 65.5 Å². The molecule has 2 atom stereocenters. The molecule has 0 aromatic heterocycles. The number of amides is 1. The molecule has 0 bridgehead atoms. The number of carbonyl (C=O) groups excluding carboxylic acids is 1. The highest BCUT2D eigenvalue weighted by molar-refractivity contribution is 14.0. The van der Waals surface area contributed by atoms with Gasteiger partial charge in [0.2, 0.25) is 0 Å². The standard InChI is InChI=1S/C19H38N4O3.HI/c1-7-9-16(22-18(24)26-19(3,4)5)12-21-17(20-8-2)23(6)13-15-10-11-25-14-15;/h15-16H,7-14H2,1-6H3,(H,20,21)(H,22,24);1H. The number of halogens is 1. The van der Waals surface area contributed by atoms with E-state index in [2.05, 4.69) is 36.4 Å². The van der Waals surface area contributed by atoms with Crippen molar-refractivity contribution in [2.24, 2.45) is 10.9 Å². The summed E-state index contributed by atoms with van der Waals surface area (Å²) in [4.78, 5) is 19.0. The highest BCUT2D eigenvalue weighted by atomic mass is 127. The van der Waals surface area contributed by atoms with Crippen LogP contribution >= 0.6 is 24.0 Å². The van der Waals surface area contributed by atoms with Gasteiger partial charge in [-0.3, -0.25) is 4.99 Å². The number of nitrogens with zero attached hydrogens (tertiary/aromatic N) is 2. The summed E-state index contributed by atoms with van der Waals surface area (Å²) in [6.45, 7) is 13.7. The molecule has 1 heterocycles. The summed E-state index contributed by atoms with van der Waals surface area (Å²) in [6.07, 6.45) is 2.56. The number of hydrogen-bond acceptors (Lipinski definition) is 4. The molecule has 27 heavy (non-hydrogen) atoms. The van der Waals surface area contributed by atoms with Gasteiger partial charge in [0.25, 0.3) is 0 Å². The molecule has 1 aliphatic rings. The lowest BCUT2D eigenvalue weighted by molar-refractivity contribution is 0.0503. The summed E-state index contributed by atoms with van der Waals surface area (Å²) < 4.78 is 10.8. The second-order valence-electron chi connectivity index (χ2n) is 7.94. The molecule has 0 saturated carbocycles. The molecule has 7 nitrogen and oxygen atoms in total. The molecule has 1 fully saturated rings. The van der Waals surface area contributed by atoms with Gasteiger partial charge < -0.3 is 25.0 Å². The molecule has 0 spiro atoms. The van der Waals surface area contributed by atoms with E-state index < -0.39 is 5.60 Å². The Bertz CT molecular complexity index is 449. The van der Waals surface area contributed by atoms with Crippen LogP contribution in [0.3, 0.4) is 0 Å². The lowest BCUT2D eigenvalue weighted by atomic mass is 10.1. The fourth-order valence-corrected chi connectivity index (χ4v) is 2.90. The molecule has 0 aliphatic carbocycles. The quantitative estimate of drug-likeness (QED) is 0.306. The van der Waals surface area contributed by atoms with Crippen molar-refractivity contribution in [2.75, 3.05) is 39.9 Å². The van der Waals surface area contributed by atoms with Gasteiger partial charge in [-0.1, -0.05) is 13.3 Å². The van der Waals surface area contributed by atoms with Gasteiger partial charge in [-0.05, 0) is 40.5 Å². The van der Waals surface area contributed by atoms with Crippen molar-refractivity contribution in [1.29, 1.82) is 0 Å². The van der Waals surface area contributed by atoms with E-state index >= 15 is 0 Å². The van der Waals surface area contributed by atoms with Crippen molar-refractivity contribution in [3.63, 3.8) is 0 Å². The third-order valence-corrected chi connectivity index (χ3v) is 4.07. The molecule has 1 amide bonds. The Balaban J connectivity index is 0.00000676. The zero-order chi connectivity index (χ0) is 19.6. The first kappa shape index (κ1) is 26.2. The number of hydrogen-bond donors (Lipinski definition) is 2. The molecule has 0 aromatic carbocycles. The maximum Gasteiger partial charge on any atom is 0.407 e. The number of ether oxygens (including phenoxy) is 2. The van der Waals surface area contributed by atoms with Gasteiger partial charge in [0.1, 0.15) is 5.60 Å². The van der Waals surface area contributed by atoms with Crippen LogP contribution in [-0.2, 0) is 9.47 Å². The zero-order valence-corrected chi connectivity index (χ0v) is 20.2. The minimum Gasteiger partial charge on any atom is -0.444 e. The zero-order valence-electron chi connectivity index (χ0n) is 17.8. The summed E-state index contributed by atoms with van der Waals surface area (Å²) in [5.74, 6) is 1.42. The SMILES string of the molecule is CCCC(CN=C(NCC)N(C)CC1CCOC1)NC(=O)OC(C)(C)C.I. The Morgan fingerprint density at radius 3 is 2.59 bits per heavy atom. The van der Waals surface area contributed by atoms with Crippen LogP contribution in [0.25, 0.3) is 0 Å². The molecule has 1 saturated heterocycles. The Morgan fingerprint density at radius 2 is 2.07 bits per heavy atom. The van der Waals surface area contributed by atoms with E-state index in [0.29, 0.717) is 12.5 Å². The summed E-state index contributed by atoms with van der Waals surface area (Å²) in [6, 6.07) is -0.0354. The van der Waals surface area contributed by atoms with Gasteiger partial charge in [-0.15, -0.1) is 24.0 Å². The predicted octanol–water partition coefficient (Wildman–Crippen LogP) is 3.23. The van der Waals surface area contributed by atoms with Crippen LogP contribution < -0.4 is 10.6 Å². The number of aliphatic imine (C=N–C) groups is 1. The first-order valence-corrected chi connectivity index (χ1v) is 9.81. The number of alkyl carbamates (subject to hydrolysis) is 1. The van der Waals surface area contributed by atoms with Crippen molar-refractivity contribution in [3.05, 3.63) is 0 Å². The smallest absolute Gasteiger partial charge is 0.407 e. The van der Waals surface area contributed by atoms with E-state index in [1.165, 1.54) is 0 Å². The van der Waals surface area contributed by atoms with Crippen LogP contribution in [-0.4, -0.2) is 68.5 Å². The maximum absolute atomic E-state index is 12.1. The number of carbonyl (C=O) groups is 1. The lowest BCUT2D eigenvalue weighted by Crippen LogP contribution is -2.44. The van der Waals surface area contributed by atoms with E-state index in [1.807, 2.05) is 20.8 Å². The maximum atomic E-state index is 12.1.